The van der Waals surface area contributed by atoms with Crippen LogP contribution in [0.15, 0.2) is 23.2 Å². The number of ether oxygens (including phenoxy) is 1. The van der Waals surface area contributed by atoms with Gasteiger partial charge < -0.3 is 20.1 Å². The van der Waals surface area contributed by atoms with Crippen molar-refractivity contribution in [3.8, 4) is 5.75 Å². The number of aliphatic imine (C=N–C) groups is 1. The molecule has 0 saturated carbocycles. The van der Waals surface area contributed by atoms with Gasteiger partial charge in [-0.25, -0.2) is 9.38 Å². The van der Waals surface area contributed by atoms with E-state index in [1.807, 2.05) is 6.92 Å². The van der Waals surface area contributed by atoms with Crippen LogP contribution in [-0.4, -0.2) is 48.8 Å². The van der Waals surface area contributed by atoms with Crippen LogP contribution < -0.4 is 5.32 Å². The van der Waals surface area contributed by atoms with Crippen LogP contribution >= 0.6 is 0 Å². The Morgan fingerprint density at radius 2 is 2.35 bits per heavy atom. The number of guanidine groups is 1. The topological polar surface area (TPSA) is 57.1 Å². The highest BCUT2D eigenvalue weighted by atomic mass is 19.1. The molecule has 126 valence electrons. The van der Waals surface area contributed by atoms with E-state index in [4.69, 9.17) is 4.74 Å². The van der Waals surface area contributed by atoms with Gasteiger partial charge in [0.2, 0.25) is 0 Å². The lowest BCUT2D eigenvalue weighted by Gasteiger charge is -2.25. The molecule has 6 heteroatoms. The van der Waals surface area contributed by atoms with E-state index in [0.717, 1.165) is 57.2 Å². The van der Waals surface area contributed by atoms with E-state index < -0.39 is 5.82 Å². The Hall–Kier alpha value is -1.82. The predicted octanol–water partition coefficient (Wildman–Crippen LogP) is 2.11. The highest BCUT2D eigenvalue weighted by Gasteiger charge is 2.42. The van der Waals surface area contributed by atoms with Crippen LogP contribution in [-0.2, 0) is 11.3 Å². The van der Waals surface area contributed by atoms with Crippen LogP contribution in [0.2, 0.25) is 0 Å². The van der Waals surface area contributed by atoms with Crippen LogP contribution in [0.5, 0.6) is 5.75 Å². The average Bonchev–Trinajstić information content (AvgIpc) is 3.17. The molecule has 0 radical (unpaired) electrons. The first-order chi connectivity index (χ1) is 11.1. The monoisotopic (exact) mass is 321 g/mol. The third-order valence-electron chi connectivity index (χ3n) is 4.68. The number of nitrogens with zero attached hydrogens (tertiary/aromatic N) is 2. The molecule has 2 saturated heterocycles. The summed E-state index contributed by atoms with van der Waals surface area (Å²) in [6, 6.07) is 4.40. The first-order valence-corrected chi connectivity index (χ1v) is 8.20. The Bertz CT molecular complexity index is 585. The number of phenolic OH excluding ortho intramolecular Hbond substituents is 1. The number of aromatic hydroxyl groups is 1. The summed E-state index contributed by atoms with van der Waals surface area (Å²) >= 11 is 0. The van der Waals surface area contributed by atoms with Gasteiger partial charge >= 0.3 is 0 Å². The smallest absolute Gasteiger partial charge is 0.194 e. The van der Waals surface area contributed by atoms with Crippen molar-refractivity contribution in [2.75, 3.05) is 32.8 Å². The quantitative estimate of drug-likeness (QED) is 0.661. The minimum atomic E-state index is -0.606. The molecule has 2 aliphatic rings. The summed E-state index contributed by atoms with van der Waals surface area (Å²) in [5, 5.41) is 12.6. The molecule has 1 atom stereocenters. The Morgan fingerprint density at radius 3 is 3.04 bits per heavy atom. The van der Waals surface area contributed by atoms with Gasteiger partial charge in [0, 0.05) is 31.7 Å². The van der Waals surface area contributed by atoms with Gasteiger partial charge in [0.1, 0.15) is 0 Å². The van der Waals surface area contributed by atoms with Gasteiger partial charge in [-0.1, -0.05) is 6.07 Å². The molecule has 1 spiro atoms. The standard InChI is InChI=1S/C17H24FN3O2/c1-2-19-16(20-10-13-3-4-15(22)14(18)9-13)21-7-5-17(11-21)6-8-23-12-17/h3-4,9,22H,2,5-8,10-12H2,1H3,(H,19,20). The molecule has 2 N–H and O–H groups in total. The number of nitrogens with one attached hydrogen (secondary N) is 1. The molecule has 1 aromatic carbocycles. The lowest BCUT2D eigenvalue weighted by atomic mass is 9.87. The number of benzene rings is 1. The molecule has 2 heterocycles. The normalized spacial score (nSPS) is 24.6. The summed E-state index contributed by atoms with van der Waals surface area (Å²) in [4.78, 5) is 6.91. The Balaban J connectivity index is 1.69. The van der Waals surface area contributed by atoms with E-state index in [9.17, 15) is 9.50 Å². The number of phenols is 1. The van der Waals surface area contributed by atoms with Crippen molar-refractivity contribution < 1.29 is 14.2 Å². The molecule has 3 rings (SSSR count). The van der Waals surface area contributed by atoms with Crippen molar-refractivity contribution in [3.63, 3.8) is 0 Å². The molecular formula is C17H24FN3O2. The second-order valence-corrected chi connectivity index (χ2v) is 6.43. The minimum absolute atomic E-state index is 0.279. The second-order valence-electron chi connectivity index (χ2n) is 6.43. The summed E-state index contributed by atoms with van der Waals surface area (Å²) < 4.78 is 19.0. The summed E-state index contributed by atoms with van der Waals surface area (Å²) in [5.74, 6) is -0.0666. The molecule has 0 aliphatic carbocycles. The van der Waals surface area contributed by atoms with Crippen molar-refractivity contribution in [1.29, 1.82) is 0 Å². The highest BCUT2D eigenvalue weighted by molar-refractivity contribution is 5.80. The largest absolute Gasteiger partial charge is 0.505 e. The molecule has 2 aliphatic heterocycles. The first kappa shape index (κ1) is 16.1. The molecule has 2 fully saturated rings. The zero-order chi connectivity index (χ0) is 16.3. The lowest BCUT2D eigenvalue weighted by molar-refractivity contribution is 0.156. The number of likely N-dealkylation sites (tertiary alicyclic amines) is 1. The summed E-state index contributed by atoms with van der Waals surface area (Å²) in [7, 11) is 0. The van der Waals surface area contributed by atoms with Gasteiger partial charge in [-0.15, -0.1) is 0 Å². The summed E-state index contributed by atoms with van der Waals surface area (Å²) in [5.41, 5.74) is 1.02. The van der Waals surface area contributed by atoms with Crippen LogP contribution in [0.4, 0.5) is 4.39 Å². The predicted molar refractivity (Wildman–Crippen MR) is 86.9 cm³/mol. The van der Waals surface area contributed by atoms with Gasteiger partial charge in [0.15, 0.2) is 17.5 Å². The van der Waals surface area contributed by atoms with Crippen molar-refractivity contribution in [2.24, 2.45) is 10.4 Å². The second kappa shape index (κ2) is 6.74. The lowest BCUT2D eigenvalue weighted by Crippen LogP contribution is -2.41. The fraction of sp³-hybridized carbons (Fsp3) is 0.588. The molecule has 0 amide bonds. The van der Waals surface area contributed by atoms with E-state index >= 15 is 0 Å². The highest BCUT2D eigenvalue weighted by Crippen LogP contribution is 2.38. The van der Waals surface area contributed by atoms with Crippen LogP contribution in [0, 0.1) is 11.2 Å². The van der Waals surface area contributed by atoms with Gasteiger partial charge in [0.05, 0.1) is 13.2 Å². The van der Waals surface area contributed by atoms with Crippen LogP contribution in [0.1, 0.15) is 25.3 Å². The van der Waals surface area contributed by atoms with Crippen molar-refractivity contribution in [2.45, 2.75) is 26.3 Å². The minimum Gasteiger partial charge on any atom is -0.505 e. The van der Waals surface area contributed by atoms with Gasteiger partial charge in [0.25, 0.3) is 0 Å². The van der Waals surface area contributed by atoms with E-state index in [2.05, 4.69) is 15.2 Å². The Morgan fingerprint density at radius 1 is 1.48 bits per heavy atom. The fourth-order valence-corrected chi connectivity index (χ4v) is 3.33. The van der Waals surface area contributed by atoms with E-state index in [-0.39, 0.29) is 11.2 Å². The molecule has 1 aromatic rings. The Kier molecular flexibility index (Phi) is 4.71. The third-order valence-corrected chi connectivity index (χ3v) is 4.68. The van der Waals surface area contributed by atoms with E-state index in [1.165, 1.54) is 12.1 Å². The number of hydrogen-bond acceptors (Lipinski definition) is 3. The number of rotatable bonds is 3. The third kappa shape index (κ3) is 3.58. The van der Waals surface area contributed by atoms with Crippen LogP contribution in [0.3, 0.4) is 0 Å². The maximum absolute atomic E-state index is 13.4. The molecule has 0 bridgehead atoms. The molecule has 1 unspecified atom stereocenters. The Labute approximate surface area is 136 Å². The van der Waals surface area contributed by atoms with Crippen molar-refractivity contribution in [3.05, 3.63) is 29.6 Å². The SMILES string of the molecule is CCNC(=NCc1ccc(O)c(F)c1)N1CCC2(CCOC2)C1. The molecular weight excluding hydrogens is 297 g/mol. The molecule has 23 heavy (non-hydrogen) atoms. The van der Waals surface area contributed by atoms with Gasteiger partial charge in [-0.05, 0) is 37.5 Å². The number of halogens is 1. The molecule has 5 nitrogen and oxygen atoms in total. The maximum atomic E-state index is 13.4. The van der Waals surface area contributed by atoms with E-state index in [1.54, 1.807) is 6.07 Å². The van der Waals surface area contributed by atoms with Gasteiger partial charge in [-0.3, -0.25) is 0 Å². The zero-order valence-electron chi connectivity index (χ0n) is 13.5. The van der Waals surface area contributed by atoms with Crippen molar-refractivity contribution in [1.82, 2.24) is 10.2 Å². The van der Waals surface area contributed by atoms with Crippen molar-refractivity contribution >= 4 is 5.96 Å². The summed E-state index contributed by atoms with van der Waals surface area (Å²) in [6.07, 6.45) is 2.25. The zero-order valence-corrected chi connectivity index (χ0v) is 13.5. The van der Waals surface area contributed by atoms with Gasteiger partial charge in [-0.2, -0.15) is 0 Å². The first-order valence-electron chi connectivity index (χ1n) is 8.20. The maximum Gasteiger partial charge on any atom is 0.194 e. The van der Waals surface area contributed by atoms with E-state index in [0.29, 0.717) is 6.54 Å². The average molecular weight is 321 g/mol. The number of hydrogen-bond donors (Lipinski definition) is 2. The van der Waals surface area contributed by atoms with Crippen LogP contribution in [0.25, 0.3) is 0 Å². The fourth-order valence-electron chi connectivity index (χ4n) is 3.33. The summed E-state index contributed by atoms with van der Waals surface area (Å²) in [6.45, 7) is 6.85. The molecule has 0 aromatic heterocycles.